The van der Waals surface area contributed by atoms with Gasteiger partial charge in [0.05, 0.1) is 5.92 Å². The third-order valence-electron chi connectivity index (χ3n) is 4.21. The van der Waals surface area contributed by atoms with Gasteiger partial charge in [-0.1, -0.05) is 31.2 Å². The molecule has 1 aliphatic rings. The predicted octanol–water partition coefficient (Wildman–Crippen LogP) is 2.25. The topological polar surface area (TPSA) is 69.6 Å². The molecule has 114 valence electrons. The van der Waals surface area contributed by atoms with Gasteiger partial charge in [0.2, 0.25) is 0 Å². The maximum absolute atomic E-state index is 12.1. The maximum atomic E-state index is 12.1. The molecular formula is C16H22N2O3. The van der Waals surface area contributed by atoms with Crippen molar-refractivity contribution in [1.29, 1.82) is 0 Å². The first-order valence-electron chi connectivity index (χ1n) is 7.38. The molecule has 1 aliphatic heterocycles. The molecule has 1 aromatic rings. The van der Waals surface area contributed by atoms with Crippen molar-refractivity contribution in [3.05, 3.63) is 35.4 Å². The third kappa shape index (κ3) is 3.54. The molecule has 0 bridgehead atoms. The lowest BCUT2D eigenvalue weighted by molar-refractivity contribution is -0.142. The molecule has 2 amide bonds. The minimum Gasteiger partial charge on any atom is -0.481 e. The number of carboxylic acid groups (broad SMARTS) is 1. The fraction of sp³-hybridized carbons (Fsp3) is 0.500. The fourth-order valence-electron chi connectivity index (χ4n) is 2.73. The molecule has 21 heavy (non-hydrogen) atoms. The van der Waals surface area contributed by atoms with Crippen LogP contribution < -0.4 is 5.32 Å². The number of carbonyl (C=O) groups excluding carboxylic acids is 1. The zero-order valence-corrected chi connectivity index (χ0v) is 12.5. The number of urea groups is 1. The van der Waals surface area contributed by atoms with E-state index in [0.717, 1.165) is 12.0 Å². The summed E-state index contributed by atoms with van der Waals surface area (Å²) in [5.74, 6) is -1.28. The molecule has 0 aromatic heterocycles. The van der Waals surface area contributed by atoms with Gasteiger partial charge in [-0.2, -0.15) is 0 Å². The monoisotopic (exact) mass is 290 g/mol. The molecule has 2 rings (SSSR count). The van der Waals surface area contributed by atoms with Crippen LogP contribution in [-0.2, 0) is 17.8 Å². The number of carboxylic acids is 1. The van der Waals surface area contributed by atoms with Gasteiger partial charge < -0.3 is 15.3 Å². The van der Waals surface area contributed by atoms with E-state index in [4.69, 9.17) is 5.11 Å². The highest BCUT2D eigenvalue weighted by molar-refractivity contribution is 5.78. The van der Waals surface area contributed by atoms with Gasteiger partial charge in [0, 0.05) is 19.1 Å². The lowest BCUT2D eigenvalue weighted by atomic mass is 10.0. The molecule has 2 unspecified atom stereocenters. The van der Waals surface area contributed by atoms with Crippen molar-refractivity contribution < 1.29 is 14.7 Å². The Balaban J connectivity index is 1.88. The summed E-state index contributed by atoms with van der Waals surface area (Å²) in [7, 11) is 0. The molecule has 1 aromatic carbocycles. The van der Waals surface area contributed by atoms with Crippen LogP contribution >= 0.6 is 0 Å². The van der Waals surface area contributed by atoms with E-state index in [9.17, 15) is 9.59 Å². The average molecular weight is 290 g/mol. The first kappa shape index (κ1) is 15.4. The summed E-state index contributed by atoms with van der Waals surface area (Å²) in [5, 5.41) is 11.9. The van der Waals surface area contributed by atoms with Crippen LogP contribution in [-0.4, -0.2) is 34.6 Å². The zero-order chi connectivity index (χ0) is 15.4. The quantitative estimate of drug-likeness (QED) is 0.893. The first-order chi connectivity index (χ1) is 10.0. The number of nitrogens with zero attached hydrogens (tertiary/aromatic N) is 1. The van der Waals surface area contributed by atoms with Crippen molar-refractivity contribution >= 4 is 12.0 Å². The van der Waals surface area contributed by atoms with Crippen LogP contribution in [0.25, 0.3) is 0 Å². The van der Waals surface area contributed by atoms with Crippen molar-refractivity contribution in [3.8, 4) is 0 Å². The summed E-state index contributed by atoms with van der Waals surface area (Å²) in [6.07, 6.45) is 1.52. The average Bonchev–Trinajstić information content (AvgIpc) is 2.87. The summed E-state index contributed by atoms with van der Waals surface area (Å²) < 4.78 is 0. The first-order valence-corrected chi connectivity index (χ1v) is 7.38. The largest absolute Gasteiger partial charge is 0.481 e. The Bertz CT molecular complexity index is 513. The molecule has 0 spiro atoms. The smallest absolute Gasteiger partial charge is 0.317 e. The Morgan fingerprint density at radius 1 is 1.29 bits per heavy atom. The normalized spacial score (nSPS) is 21.3. The van der Waals surface area contributed by atoms with E-state index in [1.807, 2.05) is 12.1 Å². The van der Waals surface area contributed by atoms with Crippen LogP contribution in [0.15, 0.2) is 24.3 Å². The predicted molar refractivity (Wildman–Crippen MR) is 80.0 cm³/mol. The molecule has 1 heterocycles. The summed E-state index contributed by atoms with van der Waals surface area (Å²) in [5.41, 5.74) is 2.31. The second-order valence-electron chi connectivity index (χ2n) is 5.50. The second kappa shape index (κ2) is 6.61. The maximum Gasteiger partial charge on any atom is 0.317 e. The molecule has 0 aliphatic carbocycles. The summed E-state index contributed by atoms with van der Waals surface area (Å²) in [6.45, 7) is 4.86. The highest BCUT2D eigenvalue weighted by Gasteiger charge is 2.37. The lowest BCUT2D eigenvalue weighted by Gasteiger charge is -2.23. The number of hydrogen-bond acceptors (Lipinski definition) is 2. The van der Waals surface area contributed by atoms with Gasteiger partial charge in [-0.3, -0.25) is 4.79 Å². The zero-order valence-electron chi connectivity index (χ0n) is 12.5. The molecule has 5 nitrogen and oxygen atoms in total. The molecule has 5 heteroatoms. The number of carbonyl (C=O) groups is 2. The summed E-state index contributed by atoms with van der Waals surface area (Å²) in [4.78, 5) is 24.8. The van der Waals surface area contributed by atoms with Gasteiger partial charge in [-0.15, -0.1) is 0 Å². The Kier molecular flexibility index (Phi) is 4.83. The SMILES string of the molecule is CCc1ccc(CNC(=O)N2CCC(C(=O)O)C2C)cc1. The highest BCUT2D eigenvalue weighted by Crippen LogP contribution is 2.24. The van der Waals surface area contributed by atoms with Gasteiger partial charge in [0.25, 0.3) is 0 Å². The van der Waals surface area contributed by atoms with E-state index in [2.05, 4.69) is 24.4 Å². The molecule has 1 saturated heterocycles. The number of aryl methyl sites for hydroxylation is 1. The Hall–Kier alpha value is -2.04. The van der Waals surface area contributed by atoms with Gasteiger partial charge in [-0.05, 0) is 30.9 Å². The van der Waals surface area contributed by atoms with Crippen molar-refractivity contribution in [2.75, 3.05) is 6.54 Å². The van der Waals surface area contributed by atoms with Crippen LogP contribution in [0.3, 0.4) is 0 Å². The summed E-state index contributed by atoms with van der Waals surface area (Å²) in [6, 6.07) is 7.68. The van der Waals surface area contributed by atoms with Crippen LogP contribution in [0.2, 0.25) is 0 Å². The number of amides is 2. The number of rotatable bonds is 4. The van der Waals surface area contributed by atoms with Crippen LogP contribution in [0.4, 0.5) is 4.79 Å². The Morgan fingerprint density at radius 3 is 2.43 bits per heavy atom. The standard InChI is InChI=1S/C16H22N2O3/c1-3-12-4-6-13(7-5-12)10-17-16(21)18-9-8-14(11(18)2)15(19)20/h4-7,11,14H,3,8-10H2,1-2H3,(H,17,21)(H,19,20). The van der Waals surface area contributed by atoms with E-state index in [1.54, 1.807) is 11.8 Å². The lowest BCUT2D eigenvalue weighted by Crippen LogP contribution is -2.43. The molecular weight excluding hydrogens is 268 g/mol. The number of hydrogen-bond donors (Lipinski definition) is 2. The van der Waals surface area contributed by atoms with E-state index in [1.165, 1.54) is 5.56 Å². The Labute approximate surface area is 125 Å². The van der Waals surface area contributed by atoms with Gasteiger partial charge in [0.1, 0.15) is 0 Å². The summed E-state index contributed by atoms with van der Waals surface area (Å²) >= 11 is 0. The molecule has 0 saturated carbocycles. The minimum atomic E-state index is -0.826. The van der Waals surface area contributed by atoms with E-state index < -0.39 is 11.9 Å². The minimum absolute atomic E-state index is 0.189. The number of aliphatic carboxylic acids is 1. The highest BCUT2D eigenvalue weighted by atomic mass is 16.4. The Morgan fingerprint density at radius 2 is 1.90 bits per heavy atom. The van der Waals surface area contributed by atoms with Crippen molar-refractivity contribution in [2.45, 2.75) is 39.3 Å². The van der Waals surface area contributed by atoms with Crippen LogP contribution in [0.5, 0.6) is 0 Å². The fourth-order valence-corrected chi connectivity index (χ4v) is 2.73. The van der Waals surface area contributed by atoms with E-state index in [0.29, 0.717) is 19.5 Å². The van der Waals surface area contributed by atoms with Crippen molar-refractivity contribution in [3.63, 3.8) is 0 Å². The van der Waals surface area contributed by atoms with Gasteiger partial charge in [-0.25, -0.2) is 4.79 Å². The molecule has 2 N–H and O–H groups in total. The third-order valence-corrected chi connectivity index (χ3v) is 4.21. The van der Waals surface area contributed by atoms with Crippen molar-refractivity contribution in [2.24, 2.45) is 5.92 Å². The van der Waals surface area contributed by atoms with Crippen molar-refractivity contribution in [1.82, 2.24) is 10.2 Å². The van der Waals surface area contributed by atoms with Gasteiger partial charge in [0.15, 0.2) is 0 Å². The van der Waals surface area contributed by atoms with Crippen LogP contribution in [0.1, 0.15) is 31.4 Å². The molecule has 2 atom stereocenters. The number of likely N-dealkylation sites (tertiary alicyclic amines) is 1. The van der Waals surface area contributed by atoms with Gasteiger partial charge >= 0.3 is 12.0 Å². The van der Waals surface area contributed by atoms with Crippen LogP contribution in [0, 0.1) is 5.92 Å². The molecule has 0 radical (unpaired) electrons. The second-order valence-corrected chi connectivity index (χ2v) is 5.50. The number of benzene rings is 1. The van der Waals surface area contributed by atoms with E-state index >= 15 is 0 Å². The molecule has 1 fully saturated rings. The van der Waals surface area contributed by atoms with E-state index in [-0.39, 0.29) is 12.1 Å². The number of nitrogens with one attached hydrogen (secondary N) is 1.